The molecule has 0 aromatic carbocycles. The number of primary amides is 1. The molecular weight excluding hydrogens is 186 g/mol. The Morgan fingerprint density at radius 1 is 1.62 bits per heavy atom. The van der Waals surface area contributed by atoms with Crippen LogP contribution in [0.3, 0.4) is 0 Å². The van der Waals surface area contributed by atoms with Gasteiger partial charge in [0, 0.05) is 5.54 Å². The second-order valence-corrected chi connectivity index (χ2v) is 4.14. The predicted molar refractivity (Wildman–Crippen MR) is 53.8 cm³/mol. The Morgan fingerprint density at radius 2 is 2.08 bits per heavy atom. The number of carbonyl (C=O) groups is 1. The van der Waals surface area contributed by atoms with Crippen molar-refractivity contribution in [2.45, 2.75) is 26.3 Å². The predicted octanol–water partition coefficient (Wildman–Crippen LogP) is 0.327. The molecule has 1 amide bonds. The molecule has 0 bridgehead atoms. The monoisotopic (exact) mass is 199 g/mol. The van der Waals surface area contributed by atoms with Crippen LogP contribution in [0.25, 0.3) is 0 Å². The van der Waals surface area contributed by atoms with Crippen LogP contribution in [-0.4, -0.2) is 16.4 Å². The Hall–Kier alpha value is -1.15. The molecule has 0 radical (unpaired) electrons. The van der Waals surface area contributed by atoms with Gasteiger partial charge in [-0.05, 0) is 20.8 Å². The minimum atomic E-state index is -1.03. The molecule has 0 aliphatic heterocycles. The van der Waals surface area contributed by atoms with E-state index in [1.54, 1.807) is 6.07 Å². The topological polar surface area (TPSA) is 78.9 Å². The molecule has 0 aliphatic carbocycles. The number of nitrogens with two attached hydrogens (primary N) is 1. The average molecular weight is 199 g/mol. The first-order valence-electron chi connectivity index (χ1n) is 3.79. The molecule has 0 saturated heterocycles. The highest BCUT2D eigenvalue weighted by Gasteiger charge is 2.23. The van der Waals surface area contributed by atoms with E-state index in [1.807, 2.05) is 20.8 Å². The van der Waals surface area contributed by atoms with Crippen LogP contribution in [-0.2, 0) is 4.79 Å². The molecule has 0 aliphatic rings. The van der Waals surface area contributed by atoms with E-state index in [-0.39, 0.29) is 10.5 Å². The minimum Gasteiger partial charge on any atom is -0.374 e. The summed E-state index contributed by atoms with van der Waals surface area (Å²) in [6.45, 7) is 5.65. The molecule has 0 saturated carbocycles. The van der Waals surface area contributed by atoms with Crippen molar-refractivity contribution < 1.29 is 4.79 Å². The lowest BCUT2D eigenvalue weighted by Crippen LogP contribution is -2.45. The van der Waals surface area contributed by atoms with Gasteiger partial charge in [0.15, 0.2) is 5.92 Å². The van der Waals surface area contributed by atoms with Crippen LogP contribution >= 0.6 is 12.2 Å². The number of thiocarbonyl (C=S) groups is 1. The highest BCUT2D eigenvalue weighted by Crippen LogP contribution is 2.03. The molecule has 0 heterocycles. The molecule has 0 fully saturated rings. The molecule has 3 N–H and O–H groups in total. The van der Waals surface area contributed by atoms with Gasteiger partial charge in [-0.3, -0.25) is 4.79 Å². The summed E-state index contributed by atoms with van der Waals surface area (Å²) < 4.78 is 0. The Bertz CT molecular complexity index is 262. The van der Waals surface area contributed by atoms with Crippen molar-refractivity contribution in [3.05, 3.63) is 0 Å². The van der Waals surface area contributed by atoms with E-state index in [1.165, 1.54) is 0 Å². The zero-order valence-electron chi connectivity index (χ0n) is 7.92. The Morgan fingerprint density at radius 3 is 2.31 bits per heavy atom. The third-order valence-corrected chi connectivity index (χ3v) is 1.51. The van der Waals surface area contributed by atoms with Gasteiger partial charge in [-0.15, -0.1) is 0 Å². The van der Waals surface area contributed by atoms with Crippen molar-refractivity contribution in [3.8, 4) is 6.07 Å². The summed E-state index contributed by atoms with van der Waals surface area (Å²) in [5.41, 5.74) is 4.72. The molecule has 0 spiro atoms. The first kappa shape index (κ1) is 11.8. The van der Waals surface area contributed by atoms with Crippen LogP contribution in [0.5, 0.6) is 0 Å². The molecule has 13 heavy (non-hydrogen) atoms. The smallest absolute Gasteiger partial charge is 0.241 e. The van der Waals surface area contributed by atoms with Gasteiger partial charge in [-0.1, -0.05) is 12.2 Å². The first-order valence-corrected chi connectivity index (χ1v) is 4.19. The Kier molecular flexibility index (Phi) is 3.82. The summed E-state index contributed by atoms with van der Waals surface area (Å²) in [6, 6.07) is 1.75. The van der Waals surface area contributed by atoms with Gasteiger partial charge in [0.1, 0.15) is 4.99 Å². The van der Waals surface area contributed by atoms with Gasteiger partial charge in [0.05, 0.1) is 6.07 Å². The van der Waals surface area contributed by atoms with Gasteiger partial charge < -0.3 is 11.1 Å². The molecule has 0 aromatic rings. The fraction of sp³-hybridized carbons (Fsp3) is 0.625. The number of nitrogens with zero attached hydrogens (tertiary/aromatic N) is 1. The Labute approximate surface area is 83.1 Å². The van der Waals surface area contributed by atoms with Gasteiger partial charge in [0.25, 0.3) is 0 Å². The zero-order chi connectivity index (χ0) is 10.6. The second-order valence-electron chi connectivity index (χ2n) is 3.70. The summed E-state index contributed by atoms with van der Waals surface area (Å²) in [5, 5.41) is 11.4. The largest absolute Gasteiger partial charge is 0.374 e. The Balaban J connectivity index is 4.44. The van der Waals surface area contributed by atoms with Gasteiger partial charge in [-0.2, -0.15) is 5.26 Å². The van der Waals surface area contributed by atoms with E-state index < -0.39 is 11.8 Å². The van der Waals surface area contributed by atoms with Crippen LogP contribution in [0.15, 0.2) is 0 Å². The summed E-state index contributed by atoms with van der Waals surface area (Å²) in [4.78, 5) is 10.9. The number of hydrogen-bond acceptors (Lipinski definition) is 3. The molecule has 1 unspecified atom stereocenters. The van der Waals surface area contributed by atoms with Crippen molar-refractivity contribution in [1.29, 1.82) is 5.26 Å². The summed E-state index contributed by atoms with van der Waals surface area (Å²) in [6.07, 6.45) is 0. The van der Waals surface area contributed by atoms with E-state index >= 15 is 0 Å². The fourth-order valence-corrected chi connectivity index (χ4v) is 1.17. The third kappa shape index (κ3) is 4.43. The van der Waals surface area contributed by atoms with E-state index in [0.29, 0.717) is 0 Å². The summed E-state index contributed by atoms with van der Waals surface area (Å²) in [5.74, 6) is -1.75. The van der Waals surface area contributed by atoms with E-state index in [9.17, 15) is 4.79 Å². The van der Waals surface area contributed by atoms with E-state index in [0.717, 1.165) is 0 Å². The number of amides is 1. The molecule has 5 heteroatoms. The quantitative estimate of drug-likeness (QED) is 0.628. The summed E-state index contributed by atoms with van der Waals surface area (Å²) >= 11 is 4.86. The number of nitrogens with one attached hydrogen (secondary N) is 1. The lowest BCUT2D eigenvalue weighted by Gasteiger charge is -2.23. The number of nitriles is 1. The molecule has 4 nitrogen and oxygen atoms in total. The SMILES string of the molecule is CC(C)(C)NC(=S)C(C#N)C(N)=O. The van der Waals surface area contributed by atoms with Gasteiger partial charge in [0.2, 0.25) is 5.91 Å². The molecular formula is C8H13N3OS. The second kappa shape index (κ2) is 4.19. The molecule has 72 valence electrons. The van der Waals surface area contributed by atoms with Crippen molar-refractivity contribution >= 4 is 23.1 Å². The van der Waals surface area contributed by atoms with Crippen LogP contribution < -0.4 is 11.1 Å². The van der Waals surface area contributed by atoms with Crippen LogP contribution in [0.1, 0.15) is 20.8 Å². The van der Waals surface area contributed by atoms with Crippen molar-refractivity contribution in [1.82, 2.24) is 5.32 Å². The van der Waals surface area contributed by atoms with Crippen molar-refractivity contribution in [2.24, 2.45) is 11.7 Å². The standard InChI is InChI=1S/C8H13N3OS/c1-8(2,3)11-7(13)5(4-9)6(10)12/h5H,1-3H3,(H2,10,12)(H,11,13). The highest BCUT2D eigenvalue weighted by atomic mass is 32.1. The van der Waals surface area contributed by atoms with Crippen LogP contribution in [0, 0.1) is 17.2 Å². The van der Waals surface area contributed by atoms with Crippen LogP contribution in [0.2, 0.25) is 0 Å². The van der Waals surface area contributed by atoms with Crippen molar-refractivity contribution in [2.75, 3.05) is 0 Å². The minimum absolute atomic E-state index is 0.183. The zero-order valence-corrected chi connectivity index (χ0v) is 8.73. The first-order chi connectivity index (χ1) is 5.78. The maximum absolute atomic E-state index is 10.7. The van der Waals surface area contributed by atoms with E-state index in [4.69, 9.17) is 23.2 Å². The fourth-order valence-electron chi connectivity index (χ4n) is 0.693. The number of carbonyl (C=O) groups excluding carboxylic acids is 1. The molecule has 1 atom stereocenters. The maximum atomic E-state index is 10.7. The van der Waals surface area contributed by atoms with Gasteiger partial charge in [-0.25, -0.2) is 0 Å². The lowest BCUT2D eigenvalue weighted by atomic mass is 10.1. The summed E-state index contributed by atoms with van der Waals surface area (Å²) in [7, 11) is 0. The lowest BCUT2D eigenvalue weighted by molar-refractivity contribution is -0.118. The van der Waals surface area contributed by atoms with E-state index in [2.05, 4.69) is 5.32 Å². The number of hydrogen-bond donors (Lipinski definition) is 2. The van der Waals surface area contributed by atoms with Crippen molar-refractivity contribution in [3.63, 3.8) is 0 Å². The molecule has 0 rings (SSSR count). The van der Waals surface area contributed by atoms with Crippen LogP contribution in [0.4, 0.5) is 0 Å². The normalized spacial score (nSPS) is 12.8. The highest BCUT2D eigenvalue weighted by molar-refractivity contribution is 7.80. The average Bonchev–Trinajstić information content (AvgIpc) is 1.82. The maximum Gasteiger partial charge on any atom is 0.241 e. The number of rotatable bonds is 2. The van der Waals surface area contributed by atoms with Gasteiger partial charge >= 0.3 is 0 Å². The third-order valence-electron chi connectivity index (χ3n) is 1.17. The molecule has 0 aromatic heterocycles.